The normalized spacial score (nSPS) is 21.9. The molecule has 0 bridgehead atoms. The molecule has 0 unspecified atom stereocenters. The number of piperidine rings is 1. The van der Waals surface area contributed by atoms with Crippen molar-refractivity contribution in [2.24, 2.45) is 5.92 Å². The maximum absolute atomic E-state index is 13.8. The van der Waals surface area contributed by atoms with E-state index in [9.17, 15) is 18.0 Å². The van der Waals surface area contributed by atoms with E-state index in [1.807, 2.05) is 17.0 Å². The van der Waals surface area contributed by atoms with E-state index in [0.29, 0.717) is 44.9 Å². The van der Waals surface area contributed by atoms with Gasteiger partial charge in [0.2, 0.25) is 21.7 Å². The maximum Gasteiger partial charge on any atom is 0.246 e. The molecule has 1 saturated carbocycles. The van der Waals surface area contributed by atoms with Crippen LogP contribution >= 0.6 is 12.4 Å². The minimum absolute atomic E-state index is 0. The van der Waals surface area contributed by atoms with Crippen molar-refractivity contribution in [3.8, 4) is 0 Å². The zero-order valence-electron chi connectivity index (χ0n) is 24.1. The molecule has 2 aromatic rings. The van der Waals surface area contributed by atoms with E-state index in [1.165, 1.54) is 19.3 Å². The van der Waals surface area contributed by atoms with Crippen LogP contribution in [0.5, 0.6) is 0 Å². The maximum atomic E-state index is 13.8. The van der Waals surface area contributed by atoms with Gasteiger partial charge in [0.1, 0.15) is 11.6 Å². The average molecular weight is 602 g/mol. The van der Waals surface area contributed by atoms with Crippen LogP contribution in [0.25, 0.3) is 0 Å². The lowest BCUT2D eigenvalue weighted by atomic mass is 9.79. The van der Waals surface area contributed by atoms with Crippen LogP contribution in [0.2, 0.25) is 0 Å². The lowest BCUT2D eigenvalue weighted by Crippen LogP contribution is -2.73. The molecule has 3 fully saturated rings. The summed E-state index contributed by atoms with van der Waals surface area (Å²) in [7, 11) is -3.54. The third-order valence-corrected chi connectivity index (χ3v) is 11.0. The topological polar surface area (TPSA) is 86.8 Å². The number of hydrogen-bond donors (Lipinski definition) is 1. The largest absolute Gasteiger partial charge is 0.342 e. The van der Waals surface area contributed by atoms with Crippen LogP contribution in [0.1, 0.15) is 76.7 Å². The summed E-state index contributed by atoms with van der Waals surface area (Å²) < 4.78 is 25.8. The van der Waals surface area contributed by atoms with Gasteiger partial charge in [-0.1, -0.05) is 75.8 Å². The molecule has 5 rings (SSSR count). The Hall–Kier alpha value is -2.42. The van der Waals surface area contributed by atoms with E-state index in [-0.39, 0.29) is 40.1 Å². The van der Waals surface area contributed by atoms with Crippen molar-refractivity contribution < 1.29 is 18.0 Å². The lowest BCUT2D eigenvalue weighted by Gasteiger charge is -2.52. The van der Waals surface area contributed by atoms with E-state index >= 15 is 0 Å². The van der Waals surface area contributed by atoms with Crippen LogP contribution in [0, 0.1) is 5.92 Å². The fraction of sp³-hybridized carbons (Fsp3) is 0.562. The van der Waals surface area contributed by atoms with Crippen molar-refractivity contribution in [2.45, 2.75) is 99.0 Å². The molecular weight excluding hydrogens is 558 g/mol. The number of likely N-dealkylation sites (tertiary alicyclic amines) is 1. The molecule has 2 heterocycles. The molecule has 1 atom stereocenters. The quantitative estimate of drug-likeness (QED) is 0.417. The summed E-state index contributed by atoms with van der Waals surface area (Å²) in [6, 6.07) is 15.2. The van der Waals surface area contributed by atoms with Gasteiger partial charge in [0, 0.05) is 26.2 Å². The third kappa shape index (κ3) is 6.81. The Labute approximate surface area is 251 Å². The van der Waals surface area contributed by atoms with E-state index < -0.39 is 15.4 Å². The van der Waals surface area contributed by atoms with E-state index in [2.05, 4.69) is 17.1 Å². The Morgan fingerprint density at radius 1 is 0.902 bits per heavy atom. The summed E-state index contributed by atoms with van der Waals surface area (Å²) in [6.45, 7) is 4.86. The van der Waals surface area contributed by atoms with Crippen LogP contribution in [-0.4, -0.2) is 61.2 Å². The molecule has 224 valence electrons. The number of halogens is 1. The molecule has 1 aliphatic carbocycles. The second kappa shape index (κ2) is 13.7. The summed E-state index contributed by atoms with van der Waals surface area (Å²) in [5, 5.41) is 3.17. The summed E-state index contributed by atoms with van der Waals surface area (Å²) in [6.07, 6.45) is 9.94. The molecule has 2 saturated heterocycles. The first kappa shape index (κ1) is 31.5. The Morgan fingerprint density at radius 2 is 1.54 bits per heavy atom. The van der Waals surface area contributed by atoms with Crippen LogP contribution in [0.4, 0.5) is 0 Å². The predicted molar refractivity (Wildman–Crippen MR) is 163 cm³/mol. The highest BCUT2D eigenvalue weighted by molar-refractivity contribution is 7.91. The van der Waals surface area contributed by atoms with Crippen molar-refractivity contribution in [3.05, 3.63) is 60.2 Å². The number of sulfone groups is 1. The van der Waals surface area contributed by atoms with Crippen LogP contribution < -0.4 is 5.32 Å². The predicted octanol–water partition coefficient (Wildman–Crippen LogP) is 5.37. The molecule has 2 aliphatic heterocycles. The Bertz CT molecular complexity index is 1270. The highest BCUT2D eigenvalue weighted by Gasteiger charge is 2.53. The van der Waals surface area contributed by atoms with Gasteiger partial charge in [-0.15, -0.1) is 12.4 Å². The number of carbonyl (C=O) groups excluding carboxylic acids is 2. The Balaban J connectivity index is 0.00000387. The standard InChI is InChI=1S/C32H43N3O4S.ClH/c1-2-3-20-35-30(36)29(23-25-10-6-4-7-11-25)33-31(37)32(35)18-21-34(22-19-32)24-26-14-16-28(17-15-26)40(38,39)27-12-8-5-9-13-27;/h5,8-9,12-17,25,29H,2-4,6-7,10-11,18-24H2,1H3,(H,33,37);1H/t29-;/m0./s1. The number of benzene rings is 2. The number of nitrogens with one attached hydrogen (secondary N) is 1. The monoisotopic (exact) mass is 601 g/mol. The molecule has 2 amide bonds. The molecule has 2 aromatic carbocycles. The summed E-state index contributed by atoms with van der Waals surface area (Å²) in [5.41, 5.74) is 0.266. The minimum atomic E-state index is -3.54. The second-order valence-electron chi connectivity index (χ2n) is 11.9. The number of amides is 2. The van der Waals surface area contributed by atoms with Gasteiger partial charge in [0.15, 0.2) is 0 Å². The fourth-order valence-corrected chi connectivity index (χ4v) is 8.06. The smallest absolute Gasteiger partial charge is 0.246 e. The number of carbonyl (C=O) groups is 2. The van der Waals surface area contributed by atoms with E-state index in [4.69, 9.17) is 0 Å². The van der Waals surface area contributed by atoms with Gasteiger partial charge in [0.25, 0.3) is 0 Å². The second-order valence-corrected chi connectivity index (χ2v) is 13.8. The number of rotatable bonds is 9. The number of nitrogens with zero attached hydrogens (tertiary/aromatic N) is 2. The van der Waals surface area contributed by atoms with E-state index in [1.54, 1.807) is 42.5 Å². The molecule has 0 radical (unpaired) electrons. The van der Waals surface area contributed by atoms with Gasteiger partial charge in [-0.2, -0.15) is 0 Å². The van der Waals surface area contributed by atoms with Gasteiger partial charge in [0.05, 0.1) is 9.79 Å². The Kier molecular flexibility index (Phi) is 10.5. The summed E-state index contributed by atoms with van der Waals surface area (Å²) >= 11 is 0. The molecule has 9 heteroatoms. The first-order valence-corrected chi connectivity index (χ1v) is 16.6. The molecule has 0 aromatic heterocycles. The van der Waals surface area contributed by atoms with Crippen molar-refractivity contribution >= 4 is 34.1 Å². The zero-order chi connectivity index (χ0) is 28.2. The molecule has 3 aliphatic rings. The zero-order valence-corrected chi connectivity index (χ0v) is 25.7. The first-order chi connectivity index (χ1) is 19.3. The van der Waals surface area contributed by atoms with Crippen molar-refractivity contribution in [3.63, 3.8) is 0 Å². The highest BCUT2D eigenvalue weighted by atomic mass is 35.5. The van der Waals surface area contributed by atoms with Gasteiger partial charge in [-0.05, 0) is 61.4 Å². The van der Waals surface area contributed by atoms with E-state index in [0.717, 1.165) is 37.7 Å². The van der Waals surface area contributed by atoms with Crippen molar-refractivity contribution in [1.82, 2.24) is 15.1 Å². The highest BCUT2D eigenvalue weighted by Crippen LogP contribution is 2.36. The van der Waals surface area contributed by atoms with Gasteiger partial charge in [-0.25, -0.2) is 8.42 Å². The molecular formula is C32H44ClN3O4S. The molecule has 1 spiro atoms. The Morgan fingerprint density at radius 3 is 2.17 bits per heavy atom. The number of piperazine rings is 1. The summed E-state index contributed by atoms with van der Waals surface area (Å²) in [4.78, 5) is 32.3. The van der Waals surface area contributed by atoms with Crippen LogP contribution in [0.15, 0.2) is 64.4 Å². The van der Waals surface area contributed by atoms with Gasteiger partial charge < -0.3 is 10.2 Å². The third-order valence-electron chi connectivity index (χ3n) is 9.21. The number of unbranched alkanes of at least 4 members (excludes halogenated alkanes) is 1. The van der Waals surface area contributed by atoms with Gasteiger partial charge in [-0.3, -0.25) is 14.5 Å². The van der Waals surface area contributed by atoms with Crippen LogP contribution in [0.3, 0.4) is 0 Å². The first-order valence-electron chi connectivity index (χ1n) is 15.1. The average Bonchev–Trinajstić information content (AvgIpc) is 2.98. The van der Waals surface area contributed by atoms with Crippen molar-refractivity contribution in [2.75, 3.05) is 19.6 Å². The number of hydrogen-bond acceptors (Lipinski definition) is 5. The molecule has 7 nitrogen and oxygen atoms in total. The SMILES string of the molecule is CCCCN1C(=O)[C@H](CC2CCCCC2)NC(=O)C12CCN(Cc1ccc(S(=O)(=O)c3ccccc3)cc1)CC2.Cl. The van der Waals surface area contributed by atoms with Gasteiger partial charge >= 0.3 is 0 Å². The molecule has 1 N–H and O–H groups in total. The minimum Gasteiger partial charge on any atom is -0.342 e. The molecule has 41 heavy (non-hydrogen) atoms. The van der Waals surface area contributed by atoms with Crippen LogP contribution in [-0.2, 0) is 26.0 Å². The summed E-state index contributed by atoms with van der Waals surface area (Å²) in [5.74, 6) is 0.669. The van der Waals surface area contributed by atoms with Crippen molar-refractivity contribution in [1.29, 1.82) is 0 Å². The fourth-order valence-electron chi connectivity index (χ4n) is 6.78. The lowest BCUT2D eigenvalue weighted by molar-refractivity contribution is -0.162.